The van der Waals surface area contributed by atoms with Crippen LogP contribution in [0.2, 0.25) is 0 Å². The lowest BCUT2D eigenvalue weighted by atomic mass is 9.63. The Kier molecular flexibility index (Phi) is 4.15. The molecular formula is C15H24O. The van der Waals surface area contributed by atoms with Crippen LogP contribution in [0.25, 0.3) is 0 Å². The minimum absolute atomic E-state index is 0.160. The molecule has 0 heterocycles. The monoisotopic (exact) mass is 220 g/mol. The zero-order valence-electron chi connectivity index (χ0n) is 11.2. The first-order chi connectivity index (χ1) is 7.42. The largest absolute Gasteiger partial charge is 0.385 e. The first-order valence-corrected chi connectivity index (χ1v) is 5.96. The molecule has 1 rings (SSSR count). The average Bonchev–Trinajstić information content (AvgIpc) is 2.27. The number of ether oxygens (including phenoxy) is 1. The molecule has 16 heavy (non-hydrogen) atoms. The van der Waals surface area contributed by atoms with Gasteiger partial charge < -0.3 is 4.74 Å². The van der Waals surface area contributed by atoms with E-state index in [9.17, 15) is 0 Å². The number of benzene rings is 1. The Bertz CT molecular complexity index is 311. The van der Waals surface area contributed by atoms with Crippen LogP contribution in [0.5, 0.6) is 0 Å². The summed E-state index contributed by atoms with van der Waals surface area (Å²) in [6, 6.07) is 10.7. The van der Waals surface area contributed by atoms with Crippen molar-refractivity contribution in [1.29, 1.82) is 0 Å². The molecule has 0 spiro atoms. The highest BCUT2D eigenvalue weighted by atomic mass is 16.5. The lowest BCUT2D eigenvalue weighted by Gasteiger charge is -2.42. The van der Waals surface area contributed by atoms with Crippen LogP contribution in [-0.4, -0.2) is 13.7 Å². The fourth-order valence-electron chi connectivity index (χ4n) is 1.92. The van der Waals surface area contributed by atoms with Crippen molar-refractivity contribution in [1.82, 2.24) is 0 Å². The third-order valence-electron chi connectivity index (χ3n) is 4.12. The van der Waals surface area contributed by atoms with Gasteiger partial charge in [-0.2, -0.15) is 0 Å². The summed E-state index contributed by atoms with van der Waals surface area (Å²) >= 11 is 0. The molecule has 0 radical (unpaired) electrons. The van der Waals surface area contributed by atoms with Crippen molar-refractivity contribution in [3.05, 3.63) is 35.9 Å². The van der Waals surface area contributed by atoms with Gasteiger partial charge in [-0.3, -0.25) is 0 Å². The molecule has 0 atom stereocenters. The molecule has 0 aliphatic heterocycles. The van der Waals surface area contributed by atoms with Crippen molar-refractivity contribution >= 4 is 0 Å². The Labute approximate surface area is 99.8 Å². The van der Waals surface area contributed by atoms with Crippen LogP contribution in [0, 0.1) is 5.41 Å². The third kappa shape index (κ3) is 2.65. The van der Waals surface area contributed by atoms with Gasteiger partial charge in [-0.15, -0.1) is 0 Å². The molecule has 0 amide bonds. The maximum Gasteiger partial charge on any atom is 0.0467 e. The van der Waals surface area contributed by atoms with Crippen LogP contribution < -0.4 is 0 Å². The first kappa shape index (κ1) is 13.2. The number of hydrogen-bond donors (Lipinski definition) is 0. The minimum Gasteiger partial charge on any atom is -0.385 e. The maximum atomic E-state index is 5.21. The molecule has 0 aliphatic carbocycles. The number of hydrogen-bond acceptors (Lipinski definition) is 1. The topological polar surface area (TPSA) is 9.23 Å². The summed E-state index contributed by atoms with van der Waals surface area (Å²) in [6.45, 7) is 10.1. The summed E-state index contributed by atoms with van der Waals surface area (Å²) in [5.41, 5.74) is 1.79. The van der Waals surface area contributed by atoms with E-state index >= 15 is 0 Å². The van der Waals surface area contributed by atoms with Crippen molar-refractivity contribution < 1.29 is 4.74 Å². The van der Waals surface area contributed by atoms with Crippen LogP contribution in [0.15, 0.2) is 30.3 Å². The van der Waals surface area contributed by atoms with Gasteiger partial charge in [0.15, 0.2) is 0 Å². The van der Waals surface area contributed by atoms with E-state index in [1.54, 1.807) is 7.11 Å². The minimum atomic E-state index is 0.160. The first-order valence-electron chi connectivity index (χ1n) is 5.96. The molecule has 1 aromatic carbocycles. The van der Waals surface area contributed by atoms with E-state index in [-0.39, 0.29) is 10.8 Å². The second kappa shape index (κ2) is 5.01. The lowest BCUT2D eigenvalue weighted by Crippen LogP contribution is -2.37. The predicted octanol–water partition coefficient (Wildman–Crippen LogP) is 4.03. The SMILES string of the molecule is COCCC(C)(C)C(C)(C)c1ccccc1. The summed E-state index contributed by atoms with van der Waals surface area (Å²) in [5, 5.41) is 0. The van der Waals surface area contributed by atoms with Gasteiger partial charge in [0.1, 0.15) is 0 Å². The molecule has 0 aromatic heterocycles. The van der Waals surface area contributed by atoms with Crippen molar-refractivity contribution in [2.45, 2.75) is 39.5 Å². The molecule has 1 aromatic rings. The van der Waals surface area contributed by atoms with E-state index in [0.717, 1.165) is 13.0 Å². The van der Waals surface area contributed by atoms with Gasteiger partial charge in [0, 0.05) is 13.7 Å². The van der Waals surface area contributed by atoms with Gasteiger partial charge in [-0.1, -0.05) is 58.0 Å². The van der Waals surface area contributed by atoms with E-state index in [1.165, 1.54) is 5.56 Å². The van der Waals surface area contributed by atoms with Crippen molar-refractivity contribution in [2.24, 2.45) is 5.41 Å². The number of methoxy groups -OCH3 is 1. The smallest absolute Gasteiger partial charge is 0.0467 e. The molecule has 0 bridgehead atoms. The molecule has 0 unspecified atom stereocenters. The van der Waals surface area contributed by atoms with E-state index in [1.807, 2.05) is 0 Å². The van der Waals surface area contributed by atoms with Crippen LogP contribution in [-0.2, 0) is 10.2 Å². The molecule has 0 N–H and O–H groups in total. The molecule has 90 valence electrons. The molecule has 0 saturated heterocycles. The van der Waals surface area contributed by atoms with Crippen LogP contribution in [0.3, 0.4) is 0 Å². The quantitative estimate of drug-likeness (QED) is 0.728. The highest BCUT2D eigenvalue weighted by molar-refractivity contribution is 5.26. The van der Waals surface area contributed by atoms with Gasteiger partial charge in [0.05, 0.1) is 0 Å². The third-order valence-corrected chi connectivity index (χ3v) is 4.12. The lowest BCUT2D eigenvalue weighted by molar-refractivity contribution is 0.107. The van der Waals surface area contributed by atoms with Gasteiger partial charge >= 0.3 is 0 Å². The van der Waals surface area contributed by atoms with E-state index in [2.05, 4.69) is 58.0 Å². The molecule has 0 saturated carbocycles. The molecule has 1 nitrogen and oxygen atoms in total. The molecular weight excluding hydrogens is 196 g/mol. The van der Waals surface area contributed by atoms with Gasteiger partial charge in [0.25, 0.3) is 0 Å². The predicted molar refractivity (Wildman–Crippen MR) is 69.7 cm³/mol. The van der Waals surface area contributed by atoms with E-state index in [4.69, 9.17) is 4.74 Å². The fraction of sp³-hybridized carbons (Fsp3) is 0.600. The highest BCUT2D eigenvalue weighted by Gasteiger charge is 2.37. The van der Waals surface area contributed by atoms with Gasteiger partial charge in [0.2, 0.25) is 0 Å². The van der Waals surface area contributed by atoms with E-state index < -0.39 is 0 Å². The van der Waals surface area contributed by atoms with Crippen LogP contribution >= 0.6 is 0 Å². The normalized spacial score (nSPS) is 12.8. The second-order valence-corrected chi connectivity index (χ2v) is 5.62. The molecule has 0 aliphatic rings. The standard InChI is InChI=1S/C15H24O/c1-14(2,11-12-16-5)15(3,4)13-9-7-6-8-10-13/h6-10H,11-12H2,1-5H3. The number of rotatable bonds is 5. The fourth-order valence-corrected chi connectivity index (χ4v) is 1.92. The van der Waals surface area contributed by atoms with Crippen molar-refractivity contribution in [3.8, 4) is 0 Å². The Balaban J connectivity index is 2.92. The Hall–Kier alpha value is -0.820. The zero-order chi connectivity index (χ0) is 12.2. The van der Waals surface area contributed by atoms with Crippen LogP contribution in [0.1, 0.15) is 39.7 Å². The average molecular weight is 220 g/mol. The Morgan fingerprint density at radius 2 is 1.56 bits per heavy atom. The molecule has 0 fully saturated rings. The summed E-state index contributed by atoms with van der Waals surface area (Å²) in [7, 11) is 1.77. The van der Waals surface area contributed by atoms with Crippen molar-refractivity contribution in [2.75, 3.05) is 13.7 Å². The summed E-state index contributed by atoms with van der Waals surface area (Å²) < 4.78 is 5.21. The van der Waals surface area contributed by atoms with Gasteiger partial charge in [-0.05, 0) is 22.8 Å². The summed E-state index contributed by atoms with van der Waals surface area (Å²) in [6.07, 6.45) is 1.07. The van der Waals surface area contributed by atoms with Gasteiger partial charge in [-0.25, -0.2) is 0 Å². The van der Waals surface area contributed by atoms with Crippen LogP contribution in [0.4, 0.5) is 0 Å². The summed E-state index contributed by atoms with van der Waals surface area (Å²) in [5.74, 6) is 0. The van der Waals surface area contributed by atoms with Crippen molar-refractivity contribution in [3.63, 3.8) is 0 Å². The maximum absolute atomic E-state index is 5.21. The second-order valence-electron chi connectivity index (χ2n) is 5.62. The van der Waals surface area contributed by atoms with E-state index in [0.29, 0.717) is 0 Å². The Morgan fingerprint density at radius 3 is 2.06 bits per heavy atom. The highest BCUT2D eigenvalue weighted by Crippen LogP contribution is 2.43. The zero-order valence-corrected chi connectivity index (χ0v) is 11.2. The Morgan fingerprint density at radius 1 is 1.00 bits per heavy atom. The summed E-state index contributed by atoms with van der Waals surface area (Å²) in [4.78, 5) is 0. The molecule has 1 heteroatoms.